The van der Waals surface area contributed by atoms with Gasteiger partial charge in [-0.05, 0) is 74.0 Å². The van der Waals surface area contributed by atoms with E-state index in [1.165, 1.54) is 12.3 Å². The van der Waals surface area contributed by atoms with Gasteiger partial charge in [-0.1, -0.05) is 6.92 Å². The van der Waals surface area contributed by atoms with E-state index in [1.54, 1.807) is 0 Å². The smallest absolute Gasteiger partial charge is 0.378 e. The normalized spacial score (nSPS) is 22.8. The number of pyridine rings is 1. The number of halogens is 3. The summed E-state index contributed by atoms with van der Waals surface area (Å²) in [4.78, 5) is 14.9. The molecule has 8 heteroatoms. The number of rotatable bonds is 6. The minimum atomic E-state index is -4.35. The van der Waals surface area contributed by atoms with Crippen molar-refractivity contribution < 1.29 is 17.9 Å². The van der Waals surface area contributed by atoms with Gasteiger partial charge in [-0.2, -0.15) is 13.2 Å². The molecule has 0 unspecified atom stereocenters. The van der Waals surface area contributed by atoms with Crippen LogP contribution in [-0.2, 0) is 17.3 Å². The Bertz CT molecular complexity index is 858. The van der Waals surface area contributed by atoms with E-state index in [4.69, 9.17) is 4.74 Å². The topological polar surface area (TPSA) is 51.1 Å². The van der Waals surface area contributed by atoms with Crippen LogP contribution in [0.4, 0.5) is 19.1 Å². The fourth-order valence-electron chi connectivity index (χ4n) is 4.80. The highest BCUT2D eigenvalue weighted by Crippen LogP contribution is 2.40. The molecule has 1 aliphatic heterocycles. The fourth-order valence-corrected chi connectivity index (χ4v) is 4.80. The maximum atomic E-state index is 13.3. The molecule has 0 bridgehead atoms. The Morgan fingerprint density at radius 2 is 1.69 bits per heavy atom. The number of aromatic nitrogens is 3. The van der Waals surface area contributed by atoms with Gasteiger partial charge in [0.25, 0.3) is 0 Å². The molecule has 0 aromatic carbocycles. The first kappa shape index (κ1) is 23.0. The Hall–Kier alpha value is -2.22. The first-order valence-electron chi connectivity index (χ1n) is 11.6. The third kappa shape index (κ3) is 5.57. The van der Waals surface area contributed by atoms with Gasteiger partial charge in [0.05, 0.1) is 11.7 Å². The number of hydrogen-bond donors (Lipinski definition) is 0. The summed E-state index contributed by atoms with van der Waals surface area (Å²) in [6, 6.07) is 1.53. The maximum Gasteiger partial charge on any atom is 0.418 e. The second-order valence-electron chi connectivity index (χ2n) is 8.94. The lowest BCUT2D eigenvalue weighted by molar-refractivity contribution is -0.138. The molecule has 174 valence electrons. The minimum absolute atomic E-state index is 0.0724. The molecule has 5 nitrogen and oxygen atoms in total. The predicted octanol–water partition coefficient (Wildman–Crippen LogP) is 5.41. The number of ether oxygens (including phenoxy) is 1. The van der Waals surface area contributed by atoms with E-state index in [0.29, 0.717) is 11.5 Å². The van der Waals surface area contributed by atoms with Crippen LogP contribution in [0.5, 0.6) is 0 Å². The van der Waals surface area contributed by atoms with Crippen LogP contribution < -0.4 is 4.90 Å². The predicted molar refractivity (Wildman–Crippen MR) is 117 cm³/mol. The van der Waals surface area contributed by atoms with Crippen LogP contribution >= 0.6 is 0 Å². The number of anilines is 1. The molecular weight excluding hydrogens is 417 g/mol. The summed E-state index contributed by atoms with van der Waals surface area (Å²) in [6.45, 7) is 4.67. The Labute approximate surface area is 187 Å². The maximum absolute atomic E-state index is 13.3. The zero-order valence-corrected chi connectivity index (χ0v) is 18.5. The van der Waals surface area contributed by atoms with Crippen LogP contribution in [-0.4, -0.2) is 40.8 Å². The highest BCUT2D eigenvalue weighted by atomic mass is 19.4. The van der Waals surface area contributed by atoms with E-state index < -0.39 is 11.7 Å². The number of nitrogens with zero attached hydrogens (tertiary/aromatic N) is 4. The molecule has 2 aromatic rings. The van der Waals surface area contributed by atoms with Crippen LogP contribution in [0.2, 0.25) is 0 Å². The van der Waals surface area contributed by atoms with Gasteiger partial charge in [-0.15, -0.1) is 0 Å². The first-order valence-corrected chi connectivity index (χ1v) is 11.6. The van der Waals surface area contributed by atoms with Gasteiger partial charge in [-0.25, -0.2) is 9.97 Å². The molecule has 1 saturated carbocycles. The minimum Gasteiger partial charge on any atom is -0.378 e. The van der Waals surface area contributed by atoms with E-state index in [9.17, 15) is 13.2 Å². The van der Waals surface area contributed by atoms with E-state index in [2.05, 4.69) is 26.8 Å². The average Bonchev–Trinajstić information content (AvgIpc) is 2.83. The van der Waals surface area contributed by atoms with Crippen molar-refractivity contribution in [3.63, 3.8) is 0 Å². The van der Waals surface area contributed by atoms with Crippen molar-refractivity contribution in [2.24, 2.45) is 5.92 Å². The van der Waals surface area contributed by atoms with Crippen molar-refractivity contribution >= 4 is 5.95 Å². The molecule has 0 atom stereocenters. The summed E-state index contributed by atoms with van der Waals surface area (Å²) in [5.41, 5.74) is 0.933. The lowest BCUT2D eigenvalue weighted by atomic mass is 9.81. The van der Waals surface area contributed by atoms with Gasteiger partial charge in [-0.3, -0.25) is 4.98 Å². The van der Waals surface area contributed by atoms with Gasteiger partial charge in [0.15, 0.2) is 0 Å². The molecule has 3 heterocycles. The van der Waals surface area contributed by atoms with Gasteiger partial charge < -0.3 is 9.64 Å². The summed E-state index contributed by atoms with van der Waals surface area (Å²) in [5, 5.41) is 0. The van der Waals surface area contributed by atoms with Crippen molar-refractivity contribution in [1.82, 2.24) is 15.0 Å². The van der Waals surface area contributed by atoms with Crippen LogP contribution in [0.1, 0.15) is 68.1 Å². The summed E-state index contributed by atoms with van der Waals surface area (Å²) in [6.07, 6.45) is 8.09. The second-order valence-corrected chi connectivity index (χ2v) is 8.94. The van der Waals surface area contributed by atoms with Gasteiger partial charge >= 0.3 is 6.18 Å². The molecule has 0 spiro atoms. The van der Waals surface area contributed by atoms with E-state index in [0.717, 1.165) is 82.4 Å². The quantitative estimate of drug-likeness (QED) is 0.591. The number of hydrogen-bond acceptors (Lipinski definition) is 5. The third-order valence-corrected chi connectivity index (χ3v) is 6.84. The SMILES string of the molecule is CCc1cnc(N2CCC(COC3CCC(c4ccncc4C(F)(F)F)CC3)CC2)nc1. The second kappa shape index (κ2) is 10.1. The summed E-state index contributed by atoms with van der Waals surface area (Å²) >= 11 is 0. The van der Waals surface area contributed by atoms with Crippen molar-refractivity contribution in [3.8, 4) is 0 Å². The Morgan fingerprint density at radius 1 is 1.00 bits per heavy atom. The van der Waals surface area contributed by atoms with Crippen LogP contribution in [0, 0.1) is 5.92 Å². The Morgan fingerprint density at radius 3 is 2.31 bits per heavy atom. The molecular formula is C24H31F3N4O. The van der Waals surface area contributed by atoms with Gasteiger partial charge in [0.1, 0.15) is 0 Å². The van der Waals surface area contributed by atoms with Gasteiger partial charge in [0, 0.05) is 44.5 Å². The molecule has 4 rings (SSSR count). The van der Waals surface area contributed by atoms with Gasteiger partial charge in [0.2, 0.25) is 5.95 Å². The standard InChI is InChI=1S/C24H31F3N4O/c1-2-17-13-29-23(30-14-17)31-11-8-18(9-12-31)16-32-20-5-3-19(4-6-20)21-7-10-28-15-22(21)24(25,26)27/h7,10,13-15,18-20H,2-6,8-9,11-12,16H2,1H3. The molecule has 1 aliphatic carbocycles. The third-order valence-electron chi connectivity index (χ3n) is 6.84. The van der Waals surface area contributed by atoms with E-state index >= 15 is 0 Å². The van der Waals surface area contributed by atoms with Crippen molar-refractivity contribution in [2.75, 3.05) is 24.6 Å². The van der Waals surface area contributed by atoms with Crippen LogP contribution in [0.3, 0.4) is 0 Å². The molecule has 0 N–H and O–H groups in total. The molecule has 0 radical (unpaired) electrons. The van der Waals surface area contributed by atoms with E-state index in [-0.39, 0.29) is 12.0 Å². The highest BCUT2D eigenvalue weighted by Gasteiger charge is 2.36. The average molecular weight is 449 g/mol. The van der Waals surface area contributed by atoms with Crippen molar-refractivity contribution in [3.05, 3.63) is 47.5 Å². The molecule has 0 amide bonds. The van der Waals surface area contributed by atoms with Crippen LogP contribution in [0.15, 0.2) is 30.9 Å². The highest BCUT2D eigenvalue weighted by molar-refractivity contribution is 5.31. The lowest BCUT2D eigenvalue weighted by Gasteiger charge is -2.34. The Kier molecular flexibility index (Phi) is 7.28. The summed E-state index contributed by atoms with van der Waals surface area (Å²) < 4.78 is 46.1. The lowest BCUT2D eigenvalue weighted by Crippen LogP contribution is -2.37. The van der Waals surface area contributed by atoms with E-state index in [1.807, 2.05) is 12.4 Å². The zero-order chi connectivity index (χ0) is 22.6. The monoisotopic (exact) mass is 448 g/mol. The van der Waals surface area contributed by atoms with Crippen molar-refractivity contribution in [2.45, 2.75) is 70.1 Å². The van der Waals surface area contributed by atoms with Crippen LogP contribution in [0.25, 0.3) is 0 Å². The van der Waals surface area contributed by atoms with Crippen molar-refractivity contribution in [1.29, 1.82) is 0 Å². The number of piperidine rings is 1. The molecule has 32 heavy (non-hydrogen) atoms. The molecule has 2 aromatic heterocycles. The summed E-state index contributed by atoms with van der Waals surface area (Å²) in [5.74, 6) is 1.24. The Balaban J connectivity index is 1.21. The first-order chi connectivity index (χ1) is 15.4. The molecule has 2 aliphatic rings. The molecule has 1 saturated heterocycles. The largest absolute Gasteiger partial charge is 0.418 e. The zero-order valence-electron chi connectivity index (χ0n) is 18.5. The molecule has 2 fully saturated rings. The number of alkyl halides is 3. The fraction of sp³-hybridized carbons (Fsp3) is 0.625. The number of aryl methyl sites for hydroxylation is 1. The summed E-state index contributed by atoms with van der Waals surface area (Å²) in [7, 11) is 0.